The van der Waals surface area contributed by atoms with E-state index in [9.17, 15) is 13.2 Å². The molecule has 0 unspecified atom stereocenters. The maximum Gasteiger partial charge on any atom is 0.193 e. The number of sulfone groups is 1. The molecular weight excluding hydrogens is 238 g/mol. The van der Waals surface area contributed by atoms with Crippen molar-refractivity contribution in [2.45, 2.75) is 5.75 Å². The van der Waals surface area contributed by atoms with E-state index in [1.54, 1.807) is 29.9 Å². The van der Waals surface area contributed by atoms with E-state index in [-0.39, 0.29) is 11.2 Å². The molecule has 17 heavy (non-hydrogen) atoms. The van der Waals surface area contributed by atoms with E-state index < -0.39 is 9.84 Å². The van der Waals surface area contributed by atoms with Crippen molar-refractivity contribution in [1.82, 2.24) is 4.57 Å². The van der Waals surface area contributed by atoms with Crippen molar-refractivity contribution in [3.05, 3.63) is 46.2 Å². The van der Waals surface area contributed by atoms with Crippen molar-refractivity contribution >= 4 is 20.7 Å². The van der Waals surface area contributed by atoms with Gasteiger partial charge in [0.25, 0.3) is 0 Å². The van der Waals surface area contributed by atoms with Crippen LogP contribution in [0.15, 0.2) is 35.3 Å². The lowest BCUT2D eigenvalue weighted by molar-refractivity contribution is 0.601. The van der Waals surface area contributed by atoms with Crippen molar-refractivity contribution in [3.8, 4) is 0 Å². The van der Waals surface area contributed by atoms with Crippen LogP contribution in [0.1, 0.15) is 5.56 Å². The summed E-state index contributed by atoms with van der Waals surface area (Å²) in [6.07, 6.45) is 2.72. The Morgan fingerprint density at radius 2 is 1.88 bits per heavy atom. The smallest absolute Gasteiger partial charge is 0.193 e. The van der Waals surface area contributed by atoms with Gasteiger partial charge in [0.05, 0.1) is 11.3 Å². The molecule has 90 valence electrons. The summed E-state index contributed by atoms with van der Waals surface area (Å²) in [5.74, 6) is -0.218. The van der Waals surface area contributed by atoms with Gasteiger partial charge in [-0.25, -0.2) is 8.42 Å². The van der Waals surface area contributed by atoms with E-state index in [1.807, 2.05) is 12.1 Å². The maximum absolute atomic E-state index is 12.1. The molecule has 0 fully saturated rings. The van der Waals surface area contributed by atoms with Crippen LogP contribution in [0.4, 0.5) is 0 Å². The number of para-hydroxylation sites is 1. The number of aryl methyl sites for hydroxylation is 1. The lowest BCUT2D eigenvalue weighted by Gasteiger charge is -2.08. The van der Waals surface area contributed by atoms with Gasteiger partial charge in [0.1, 0.15) is 0 Å². The molecule has 2 rings (SSSR count). The third kappa shape index (κ3) is 2.39. The number of nitrogens with zero attached hydrogens (tertiary/aromatic N) is 1. The summed E-state index contributed by atoms with van der Waals surface area (Å²) >= 11 is 0. The van der Waals surface area contributed by atoms with Crippen molar-refractivity contribution in [2.75, 3.05) is 6.26 Å². The highest BCUT2D eigenvalue weighted by molar-refractivity contribution is 7.89. The van der Waals surface area contributed by atoms with Crippen LogP contribution in [-0.4, -0.2) is 19.2 Å². The fourth-order valence-electron chi connectivity index (χ4n) is 1.89. The SMILES string of the molecule is Cn1cc(CS(C)(=O)=O)c(=O)c2ccccc21. The Hall–Kier alpha value is -1.62. The van der Waals surface area contributed by atoms with E-state index >= 15 is 0 Å². The van der Waals surface area contributed by atoms with Gasteiger partial charge in [-0.3, -0.25) is 4.79 Å². The van der Waals surface area contributed by atoms with Crippen LogP contribution in [0.25, 0.3) is 10.9 Å². The van der Waals surface area contributed by atoms with Crippen molar-refractivity contribution < 1.29 is 8.42 Å². The first-order valence-electron chi connectivity index (χ1n) is 5.13. The van der Waals surface area contributed by atoms with Gasteiger partial charge in [-0.05, 0) is 12.1 Å². The second-order valence-electron chi connectivity index (χ2n) is 4.18. The third-order valence-corrected chi connectivity index (χ3v) is 3.42. The number of benzene rings is 1. The predicted octanol–water partition coefficient (Wildman–Crippen LogP) is 1.08. The van der Waals surface area contributed by atoms with Gasteiger partial charge in [-0.2, -0.15) is 0 Å². The standard InChI is InChI=1S/C12H13NO3S/c1-13-7-9(8-17(2,15)16)12(14)10-5-3-4-6-11(10)13/h3-7H,8H2,1-2H3. The molecule has 0 spiro atoms. The number of hydrogen-bond donors (Lipinski definition) is 0. The molecule has 0 aliphatic rings. The lowest BCUT2D eigenvalue weighted by atomic mass is 10.1. The van der Waals surface area contributed by atoms with E-state index in [4.69, 9.17) is 0 Å². The summed E-state index contributed by atoms with van der Waals surface area (Å²) < 4.78 is 24.3. The van der Waals surface area contributed by atoms with Crippen LogP contribution in [-0.2, 0) is 22.6 Å². The second kappa shape index (κ2) is 4.00. The van der Waals surface area contributed by atoms with Crippen molar-refractivity contribution in [3.63, 3.8) is 0 Å². The number of pyridine rings is 1. The predicted molar refractivity (Wildman–Crippen MR) is 67.7 cm³/mol. The molecule has 0 saturated heterocycles. The first kappa shape index (κ1) is 11.9. The molecule has 1 aromatic carbocycles. The van der Waals surface area contributed by atoms with Gasteiger partial charge in [-0.15, -0.1) is 0 Å². The van der Waals surface area contributed by atoms with Crippen LogP contribution >= 0.6 is 0 Å². The van der Waals surface area contributed by atoms with E-state index in [2.05, 4.69) is 0 Å². The summed E-state index contributed by atoms with van der Waals surface area (Å²) in [4.78, 5) is 12.1. The average molecular weight is 251 g/mol. The number of aromatic nitrogens is 1. The average Bonchev–Trinajstić information content (AvgIpc) is 2.24. The Kier molecular flexibility index (Phi) is 2.79. The fraction of sp³-hybridized carbons (Fsp3) is 0.250. The fourth-order valence-corrected chi connectivity index (χ4v) is 2.66. The van der Waals surface area contributed by atoms with Gasteiger partial charge in [0, 0.05) is 30.4 Å². The molecule has 0 saturated carbocycles. The van der Waals surface area contributed by atoms with Crippen LogP contribution < -0.4 is 5.43 Å². The van der Waals surface area contributed by atoms with Crippen LogP contribution in [0.2, 0.25) is 0 Å². The monoisotopic (exact) mass is 251 g/mol. The summed E-state index contributed by atoms with van der Waals surface area (Å²) in [5, 5.41) is 0.552. The van der Waals surface area contributed by atoms with Crippen molar-refractivity contribution in [1.29, 1.82) is 0 Å². The summed E-state index contributed by atoms with van der Waals surface area (Å²) in [7, 11) is -1.40. The molecule has 0 N–H and O–H groups in total. The Balaban J connectivity index is 2.76. The zero-order chi connectivity index (χ0) is 12.6. The molecule has 0 radical (unpaired) electrons. The molecule has 0 aliphatic heterocycles. The topological polar surface area (TPSA) is 56.1 Å². The number of fused-ring (bicyclic) bond motifs is 1. The second-order valence-corrected chi connectivity index (χ2v) is 6.32. The normalized spacial score (nSPS) is 11.9. The van der Waals surface area contributed by atoms with Gasteiger partial charge in [0.15, 0.2) is 15.3 Å². The summed E-state index contributed by atoms with van der Waals surface area (Å²) in [5.41, 5.74) is 0.910. The van der Waals surface area contributed by atoms with Crippen LogP contribution in [0.5, 0.6) is 0 Å². The van der Waals surface area contributed by atoms with E-state index in [1.165, 1.54) is 0 Å². The number of rotatable bonds is 2. The number of hydrogen-bond acceptors (Lipinski definition) is 3. The lowest BCUT2D eigenvalue weighted by Crippen LogP contribution is -2.16. The minimum atomic E-state index is -3.20. The quantitative estimate of drug-likeness (QED) is 0.802. The molecule has 4 nitrogen and oxygen atoms in total. The molecule has 5 heteroatoms. The van der Waals surface area contributed by atoms with Gasteiger partial charge < -0.3 is 4.57 Å². The van der Waals surface area contributed by atoms with Crippen LogP contribution in [0.3, 0.4) is 0 Å². The molecule has 0 amide bonds. The highest BCUT2D eigenvalue weighted by Crippen LogP contribution is 2.11. The van der Waals surface area contributed by atoms with E-state index in [0.29, 0.717) is 10.9 Å². The molecule has 0 atom stereocenters. The minimum absolute atomic E-state index is 0.205. The summed E-state index contributed by atoms with van der Waals surface area (Å²) in [6.45, 7) is 0. The Morgan fingerprint density at radius 1 is 1.24 bits per heavy atom. The third-order valence-electron chi connectivity index (χ3n) is 2.59. The highest BCUT2D eigenvalue weighted by atomic mass is 32.2. The molecule has 1 aromatic heterocycles. The summed E-state index contributed by atoms with van der Waals surface area (Å²) in [6, 6.07) is 7.16. The van der Waals surface area contributed by atoms with Gasteiger partial charge >= 0.3 is 0 Å². The molecule has 2 aromatic rings. The highest BCUT2D eigenvalue weighted by Gasteiger charge is 2.11. The van der Waals surface area contributed by atoms with Crippen LogP contribution in [0, 0.1) is 0 Å². The Morgan fingerprint density at radius 3 is 2.53 bits per heavy atom. The van der Waals surface area contributed by atoms with E-state index in [0.717, 1.165) is 11.8 Å². The Labute approximate surface area is 99.4 Å². The minimum Gasteiger partial charge on any atom is -0.350 e. The first-order chi connectivity index (χ1) is 7.88. The zero-order valence-electron chi connectivity index (χ0n) is 9.67. The van der Waals surface area contributed by atoms with Gasteiger partial charge in [0.2, 0.25) is 0 Å². The van der Waals surface area contributed by atoms with Crippen molar-refractivity contribution in [2.24, 2.45) is 7.05 Å². The first-order valence-corrected chi connectivity index (χ1v) is 7.19. The molecule has 0 bridgehead atoms. The van der Waals surface area contributed by atoms with Gasteiger partial charge in [-0.1, -0.05) is 12.1 Å². The molecule has 0 aliphatic carbocycles. The zero-order valence-corrected chi connectivity index (χ0v) is 10.5. The molecule has 1 heterocycles. The molecular formula is C12H13NO3S. The Bertz CT molecular complexity index is 729. The largest absolute Gasteiger partial charge is 0.350 e. The maximum atomic E-state index is 12.1.